The van der Waals surface area contributed by atoms with E-state index in [1.165, 1.54) is 12.8 Å². The minimum Gasteiger partial charge on any atom is -0.317 e. The number of hydrogen-bond acceptors (Lipinski definition) is 6. The van der Waals surface area contributed by atoms with Crippen LogP contribution in [0, 0.1) is 0 Å². The van der Waals surface area contributed by atoms with Crippen molar-refractivity contribution in [1.82, 2.24) is 20.9 Å². The highest BCUT2D eigenvalue weighted by atomic mass is 16.2. The number of nitrogens with one attached hydrogen (secondary N) is 3. The van der Waals surface area contributed by atoms with E-state index in [0.29, 0.717) is 29.8 Å². The highest BCUT2D eigenvalue weighted by Gasteiger charge is 2.44. The van der Waals surface area contributed by atoms with Crippen LogP contribution in [0.5, 0.6) is 0 Å². The highest BCUT2D eigenvalue weighted by Crippen LogP contribution is 2.28. The van der Waals surface area contributed by atoms with Crippen LogP contribution in [0.4, 0.5) is 0 Å². The standard InChI is InChI=1S/C21H26N4O4/c1-22-13-3-2-4-14(10-13)23-11-12-5-6-15-16(9-12)21(29)25(20(15)28)17-7-8-18(26)24-19(17)27/h5-6,9,13-14,17,22-23H,2-4,7-8,10-11H2,1H3,(H,24,26,27). The number of imide groups is 2. The number of carbonyl (C=O) groups is 4. The molecule has 0 aromatic heterocycles. The molecule has 29 heavy (non-hydrogen) atoms. The van der Waals surface area contributed by atoms with Crippen molar-refractivity contribution in [2.75, 3.05) is 7.05 Å². The Morgan fingerprint density at radius 1 is 1.03 bits per heavy atom. The predicted molar refractivity (Wildman–Crippen MR) is 105 cm³/mol. The van der Waals surface area contributed by atoms with Crippen LogP contribution in [-0.4, -0.2) is 53.7 Å². The normalized spacial score (nSPS) is 27.2. The molecule has 4 rings (SSSR count). The molecule has 0 bridgehead atoms. The fourth-order valence-electron chi connectivity index (χ4n) is 4.53. The van der Waals surface area contributed by atoms with E-state index in [4.69, 9.17) is 0 Å². The van der Waals surface area contributed by atoms with Gasteiger partial charge in [-0.25, -0.2) is 0 Å². The van der Waals surface area contributed by atoms with E-state index in [1.54, 1.807) is 12.1 Å². The Balaban J connectivity index is 1.46. The molecule has 1 aromatic rings. The topological polar surface area (TPSA) is 108 Å². The lowest BCUT2D eigenvalue weighted by atomic mass is 9.91. The van der Waals surface area contributed by atoms with E-state index in [1.807, 2.05) is 13.1 Å². The molecule has 0 spiro atoms. The lowest BCUT2D eigenvalue weighted by molar-refractivity contribution is -0.136. The van der Waals surface area contributed by atoms with Crippen LogP contribution < -0.4 is 16.0 Å². The summed E-state index contributed by atoms with van der Waals surface area (Å²) < 4.78 is 0. The fraction of sp³-hybridized carbons (Fsp3) is 0.524. The van der Waals surface area contributed by atoms with E-state index in [0.717, 1.165) is 23.3 Å². The number of carbonyl (C=O) groups excluding carboxylic acids is 4. The fourth-order valence-corrected chi connectivity index (χ4v) is 4.53. The maximum Gasteiger partial charge on any atom is 0.262 e. The average molecular weight is 398 g/mol. The minimum absolute atomic E-state index is 0.119. The summed E-state index contributed by atoms with van der Waals surface area (Å²) in [6.45, 7) is 0.619. The quantitative estimate of drug-likeness (QED) is 0.631. The monoisotopic (exact) mass is 398 g/mol. The molecule has 4 amide bonds. The second kappa shape index (κ2) is 8.04. The summed E-state index contributed by atoms with van der Waals surface area (Å²) in [5.41, 5.74) is 1.58. The van der Waals surface area contributed by atoms with Gasteiger partial charge in [-0.1, -0.05) is 12.5 Å². The summed E-state index contributed by atoms with van der Waals surface area (Å²) in [7, 11) is 1.99. The molecular formula is C21H26N4O4. The first-order chi connectivity index (χ1) is 14.0. The lowest BCUT2D eigenvalue weighted by Crippen LogP contribution is -2.54. The van der Waals surface area contributed by atoms with Gasteiger partial charge in [0.1, 0.15) is 6.04 Å². The van der Waals surface area contributed by atoms with Crippen molar-refractivity contribution in [2.45, 2.75) is 63.2 Å². The number of nitrogens with zero attached hydrogens (tertiary/aromatic N) is 1. The smallest absolute Gasteiger partial charge is 0.262 e. The van der Waals surface area contributed by atoms with Crippen molar-refractivity contribution in [1.29, 1.82) is 0 Å². The molecule has 0 radical (unpaired) electrons. The van der Waals surface area contributed by atoms with E-state index in [2.05, 4.69) is 16.0 Å². The molecule has 3 unspecified atom stereocenters. The van der Waals surface area contributed by atoms with Crippen molar-refractivity contribution in [3.8, 4) is 0 Å². The maximum atomic E-state index is 12.9. The molecule has 154 valence electrons. The van der Waals surface area contributed by atoms with Crippen molar-refractivity contribution in [3.63, 3.8) is 0 Å². The molecular weight excluding hydrogens is 372 g/mol. The van der Waals surface area contributed by atoms with Crippen LogP contribution in [0.25, 0.3) is 0 Å². The molecule has 8 nitrogen and oxygen atoms in total. The molecule has 1 saturated carbocycles. The van der Waals surface area contributed by atoms with Crippen LogP contribution in [0.3, 0.4) is 0 Å². The Bertz CT molecular complexity index is 868. The summed E-state index contributed by atoms with van der Waals surface area (Å²) in [6, 6.07) is 5.28. The summed E-state index contributed by atoms with van der Waals surface area (Å²) in [6.07, 6.45) is 4.86. The molecule has 3 N–H and O–H groups in total. The zero-order chi connectivity index (χ0) is 20.5. The Hall–Kier alpha value is -2.58. The van der Waals surface area contributed by atoms with E-state index < -0.39 is 23.8 Å². The van der Waals surface area contributed by atoms with Crippen molar-refractivity contribution >= 4 is 23.6 Å². The average Bonchev–Trinajstić information content (AvgIpc) is 2.97. The van der Waals surface area contributed by atoms with Gasteiger partial charge < -0.3 is 10.6 Å². The molecule has 1 saturated heterocycles. The summed E-state index contributed by atoms with van der Waals surface area (Å²) in [5.74, 6) is -1.90. The zero-order valence-electron chi connectivity index (χ0n) is 16.5. The summed E-state index contributed by atoms with van der Waals surface area (Å²) in [4.78, 5) is 50.1. The Labute approximate surface area is 169 Å². The SMILES string of the molecule is CNC1CCCC(NCc2ccc3c(c2)C(=O)N(C2CCC(=O)NC2=O)C3=O)C1. The van der Waals surface area contributed by atoms with Gasteiger partial charge in [0.15, 0.2) is 0 Å². The Kier molecular flexibility index (Phi) is 5.47. The minimum atomic E-state index is -0.928. The van der Waals surface area contributed by atoms with Gasteiger partial charge in [0.25, 0.3) is 11.8 Å². The number of amides is 4. The zero-order valence-corrected chi connectivity index (χ0v) is 16.5. The molecule has 3 atom stereocenters. The third-order valence-electron chi connectivity index (χ3n) is 6.18. The lowest BCUT2D eigenvalue weighted by Gasteiger charge is -2.29. The third kappa shape index (κ3) is 3.82. The van der Waals surface area contributed by atoms with Gasteiger partial charge in [0.05, 0.1) is 11.1 Å². The van der Waals surface area contributed by atoms with E-state index >= 15 is 0 Å². The first-order valence-corrected chi connectivity index (χ1v) is 10.2. The van der Waals surface area contributed by atoms with Gasteiger partial charge >= 0.3 is 0 Å². The second-order valence-electron chi connectivity index (χ2n) is 8.06. The van der Waals surface area contributed by atoms with Gasteiger partial charge in [0, 0.05) is 25.0 Å². The molecule has 3 aliphatic rings. The van der Waals surface area contributed by atoms with Crippen molar-refractivity contribution < 1.29 is 19.2 Å². The number of hydrogen-bond donors (Lipinski definition) is 3. The van der Waals surface area contributed by atoms with Crippen LogP contribution in [0.2, 0.25) is 0 Å². The van der Waals surface area contributed by atoms with Gasteiger partial charge in [-0.3, -0.25) is 29.4 Å². The van der Waals surface area contributed by atoms with Gasteiger partial charge in [-0.05, 0) is 50.4 Å². The van der Waals surface area contributed by atoms with E-state index in [9.17, 15) is 19.2 Å². The summed E-state index contributed by atoms with van der Waals surface area (Å²) in [5, 5.41) is 9.10. The highest BCUT2D eigenvalue weighted by molar-refractivity contribution is 6.23. The summed E-state index contributed by atoms with van der Waals surface area (Å²) >= 11 is 0. The molecule has 2 aliphatic heterocycles. The molecule has 8 heteroatoms. The number of benzene rings is 1. The molecule has 2 heterocycles. The Morgan fingerprint density at radius 3 is 2.55 bits per heavy atom. The van der Waals surface area contributed by atoms with E-state index in [-0.39, 0.29) is 18.7 Å². The van der Waals surface area contributed by atoms with Crippen LogP contribution in [-0.2, 0) is 16.1 Å². The molecule has 1 aliphatic carbocycles. The molecule has 1 aromatic carbocycles. The van der Waals surface area contributed by atoms with Crippen LogP contribution >= 0.6 is 0 Å². The predicted octanol–water partition coefficient (Wildman–Crippen LogP) is 0.708. The van der Waals surface area contributed by atoms with Crippen molar-refractivity contribution in [2.24, 2.45) is 0 Å². The van der Waals surface area contributed by atoms with Gasteiger partial charge in [-0.2, -0.15) is 0 Å². The van der Waals surface area contributed by atoms with Crippen molar-refractivity contribution in [3.05, 3.63) is 34.9 Å². The Morgan fingerprint density at radius 2 is 1.79 bits per heavy atom. The number of piperidine rings is 1. The van der Waals surface area contributed by atoms with Crippen LogP contribution in [0.1, 0.15) is 64.8 Å². The third-order valence-corrected chi connectivity index (χ3v) is 6.18. The number of rotatable bonds is 5. The maximum absolute atomic E-state index is 12.9. The largest absolute Gasteiger partial charge is 0.317 e. The van der Waals surface area contributed by atoms with Crippen LogP contribution in [0.15, 0.2) is 18.2 Å². The van der Waals surface area contributed by atoms with Gasteiger partial charge in [-0.15, -0.1) is 0 Å². The first kappa shape index (κ1) is 19.7. The second-order valence-corrected chi connectivity index (χ2v) is 8.06. The number of fused-ring (bicyclic) bond motifs is 1. The molecule has 2 fully saturated rings. The van der Waals surface area contributed by atoms with Gasteiger partial charge in [0.2, 0.25) is 11.8 Å². The first-order valence-electron chi connectivity index (χ1n) is 10.2.